The van der Waals surface area contributed by atoms with Gasteiger partial charge in [-0.15, -0.1) is 0 Å². The van der Waals surface area contributed by atoms with Crippen molar-refractivity contribution in [1.29, 1.82) is 0 Å². The van der Waals surface area contributed by atoms with Crippen molar-refractivity contribution in [3.63, 3.8) is 0 Å². The summed E-state index contributed by atoms with van der Waals surface area (Å²) in [6, 6.07) is 15.9. The molecule has 0 N–H and O–H groups in total. The summed E-state index contributed by atoms with van der Waals surface area (Å²) in [5.41, 5.74) is 1.71. The summed E-state index contributed by atoms with van der Waals surface area (Å²) in [5.74, 6) is 0.352. The predicted molar refractivity (Wildman–Crippen MR) is 149 cm³/mol. The molecule has 0 heterocycles. The quantitative estimate of drug-likeness (QED) is 0.382. The first-order chi connectivity index (χ1) is 17.2. The Kier molecular flexibility index (Phi) is 8.89. The van der Waals surface area contributed by atoms with Crippen LogP contribution in [0.25, 0.3) is 0 Å². The van der Waals surface area contributed by atoms with Crippen LogP contribution >= 0.6 is 0 Å². The maximum Gasteiger partial charge on any atom is 0.338 e. The molecule has 5 atom stereocenters. The molecule has 0 bridgehead atoms. The van der Waals surface area contributed by atoms with Crippen molar-refractivity contribution in [3.05, 3.63) is 70.8 Å². The van der Waals surface area contributed by atoms with Gasteiger partial charge < -0.3 is 9.47 Å². The molecule has 0 spiro atoms. The molecule has 1 aliphatic rings. The van der Waals surface area contributed by atoms with E-state index in [9.17, 15) is 9.59 Å². The smallest absolute Gasteiger partial charge is 0.338 e. The van der Waals surface area contributed by atoms with Crippen molar-refractivity contribution in [3.8, 4) is 0 Å². The Balaban J connectivity index is 1.93. The molecule has 0 aromatic heterocycles. The van der Waals surface area contributed by atoms with Crippen LogP contribution in [0.2, 0.25) is 0 Å². The van der Waals surface area contributed by atoms with Crippen LogP contribution in [0.1, 0.15) is 93.8 Å². The first-order valence-electron chi connectivity index (χ1n) is 13.5. The van der Waals surface area contributed by atoms with Crippen LogP contribution in [-0.2, 0) is 19.8 Å². The van der Waals surface area contributed by atoms with E-state index in [2.05, 4.69) is 38.1 Å². The molecule has 2 aromatic carbocycles. The molecule has 1 fully saturated rings. The SMILES string of the molecule is Cc1ccc(C(=O)OC(C)(C)C)cc1[C@@](C)(C(=O)O[C@@H]1C[C@H](C)CC[C@H]1C(C)c1ccccc1)N(C)C. The van der Waals surface area contributed by atoms with Gasteiger partial charge in [-0.3, -0.25) is 4.90 Å². The van der Waals surface area contributed by atoms with Crippen LogP contribution in [-0.4, -0.2) is 42.6 Å². The van der Waals surface area contributed by atoms with Crippen molar-refractivity contribution >= 4 is 11.9 Å². The summed E-state index contributed by atoms with van der Waals surface area (Å²) in [4.78, 5) is 28.8. The van der Waals surface area contributed by atoms with E-state index in [1.807, 2.05) is 65.7 Å². The molecule has 5 heteroatoms. The van der Waals surface area contributed by atoms with E-state index < -0.39 is 17.1 Å². The van der Waals surface area contributed by atoms with Gasteiger partial charge in [-0.25, -0.2) is 9.59 Å². The normalized spacial score (nSPS) is 22.7. The standard InChI is InChI=1S/C32H45NO4/c1-21-15-18-26(23(3)24-13-11-10-12-14-24)28(19-21)36-30(35)32(7,33(8)9)27-20-25(17-16-22(27)2)29(34)37-31(4,5)6/h10-14,16-17,20-21,23,26,28H,15,18-19H2,1-9H3/t21-,23?,26+,28-,32+/m1/s1. The number of hydrogen-bond donors (Lipinski definition) is 0. The van der Waals surface area contributed by atoms with Crippen molar-refractivity contribution < 1.29 is 19.1 Å². The molecular weight excluding hydrogens is 462 g/mol. The van der Waals surface area contributed by atoms with Crippen molar-refractivity contribution in [2.75, 3.05) is 14.1 Å². The number of hydrogen-bond acceptors (Lipinski definition) is 5. The Bertz CT molecular complexity index is 1090. The minimum atomic E-state index is -1.07. The lowest BCUT2D eigenvalue weighted by atomic mass is 9.72. The fraction of sp³-hybridized carbons (Fsp3) is 0.562. The zero-order valence-electron chi connectivity index (χ0n) is 24.1. The zero-order chi connectivity index (χ0) is 27.5. The molecule has 2 aromatic rings. The maximum atomic E-state index is 14.1. The third kappa shape index (κ3) is 6.62. The number of carbonyl (C=O) groups excluding carboxylic acids is 2. The third-order valence-electron chi connectivity index (χ3n) is 8.02. The number of ether oxygens (including phenoxy) is 2. The lowest BCUT2D eigenvalue weighted by Gasteiger charge is -2.42. The van der Waals surface area contributed by atoms with E-state index in [4.69, 9.17) is 9.47 Å². The van der Waals surface area contributed by atoms with Crippen molar-refractivity contribution in [2.45, 2.75) is 90.9 Å². The van der Waals surface area contributed by atoms with Gasteiger partial charge >= 0.3 is 11.9 Å². The highest BCUT2D eigenvalue weighted by Gasteiger charge is 2.44. The van der Waals surface area contributed by atoms with E-state index >= 15 is 0 Å². The molecule has 0 aliphatic heterocycles. The second kappa shape index (κ2) is 11.4. The minimum Gasteiger partial charge on any atom is -0.460 e. The zero-order valence-corrected chi connectivity index (χ0v) is 24.1. The number of carbonyl (C=O) groups is 2. The van der Waals surface area contributed by atoms with Crippen molar-refractivity contribution in [2.24, 2.45) is 11.8 Å². The average Bonchev–Trinajstić information content (AvgIpc) is 2.82. The fourth-order valence-electron chi connectivity index (χ4n) is 5.46. The Hall–Kier alpha value is -2.66. The second-order valence-electron chi connectivity index (χ2n) is 12.2. The Labute approximate surface area is 223 Å². The summed E-state index contributed by atoms with van der Waals surface area (Å²) in [6.45, 7) is 13.9. The monoisotopic (exact) mass is 507 g/mol. The van der Waals surface area contributed by atoms with Crippen LogP contribution in [0.4, 0.5) is 0 Å². The summed E-state index contributed by atoms with van der Waals surface area (Å²) < 4.78 is 12.0. The highest BCUT2D eigenvalue weighted by atomic mass is 16.6. The summed E-state index contributed by atoms with van der Waals surface area (Å²) in [5, 5.41) is 0. The molecule has 0 saturated heterocycles. The van der Waals surface area contributed by atoms with Gasteiger partial charge in [-0.2, -0.15) is 0 Å². The fourth-order valence-corrected chi connectivity index (χ4v) is 5.46. The largest absolute Gasteiger partial charge is 0.460 e. The predicted octanol–water partition coefficient (Wildman–Crippen LogP) is 6.88. The maximum absolute atomic E-state index is 14.1. The first-order valence-corrected chi connectivity index (χ1v) is 13.5. The van der Waals surface area contributed by atoms with E-state index in [1.165, 1.54) is 5.56 Å². The number of aryl methyl sites for hydroxylation is 1. The molecule has 1 unspecified atom stereocenters. The van der Waals surface area contributed by atoms with Gasteiger partial charge in [0.15, 0.2) is 0 Å². The lowest BCUT2D eigenvalue weighted by molar-refractivity contribution is -0.168. The molecule has 1 saturated carbocycles. The van der Waals surface area contributed by atoms with Crippen LogP contribution in [0.3, 0.4) is 0 Å². The molecule has 0 amide bonds. The van der Waals surface area contributed by atoms with E-state index in [0.717, 1.165) is 30.4 Å². The van der Waals surface area contributed by atoms with Gasteiger partial charge in [-0.05, 0) is 102 Å². The van der Waals surface area contributed by atoms with Gasteiger partial charge in [0.1, 0.15) is 17.2 Å². The number of benzene rings is 2. The molecule has 3 rings (SSSR count). The average molecular weight is 508 g/mol. The number of esters is 2. The third-order valence-corrected chi connectivity index (χ3v) is 8.02. The van der Waals surface area contributed by atoms with E-state index in [1.54, 1.807) is 12.1 Å². The molecule has 37 heavy (non-hydrogen) atoms. The van der Waals surface area contributed by atoms with Crippen LogP contribution in [0.5, 0.6) is 0 Å². The topological polar surface area (TPSA) is 55.8 Å². The number of likely N-dealkylation sites (N-methyl/N-ethyl adjacent to an activating group) is 1. The van der Waals surface area contributed by atoms with E-state index in [0.29, 0.717) is 11.5 Å². The van der Waals surface area contributed by atoms with Gasteiger partial charge in [0.2, 0.25) is 0 Å². The van der Waals surface area contributed by atoms with Crippen molar-refractivity contribution in [1.82, 2.24) is 4.90 Å². The summed E-state index contributed by atoms with van der Waals surface area (Å²) >= 11 is 0. The summed E-state index contributed by atoms with van der Waals surface area (Å²) in [7, 11) is 3.77. The first kappa shape index (κ1) is 28.9. The Morgan fingerprint density at radius 1 is 1.00 bits per heavy atom. The van der Waals surface area contributed by atoms with Crippen LogP contribution in [0.15, 0.2) is 48.5 Å². The second-order valence-corrected chi connectivity index (χ2v) is 12.2. The highest BCUT2D eigenvalue weighted by Crippen LogP contribution is 2.41. The number of rotatable bonds is 7. The molecule has 202 valence electrons. The lowest BCUT2D eigenvalue weighted by Crippen LogP contribution is -2.50. The Morgan fingerprint density at radius 2 is 1.65 bits per heavy atom. The van der Waals surface area contributed by atoms with E-state index in [-0.39, 0.29) is 23.9 Å². The minimum absolute atomic E-state index is 0.167. The van der Waals surface area contributed by atoms with Gasteiger partial charge in [0, 0.05) is 5.92 Å². The highest BCUT2D eigenvalue weighted by molar-refractivity contribution is 5.91. The Morgan fingerprint density at radius 3 is 2.24 bits per heavy atom. The van der Waals surface area contributed by atoms with Crippen LogP contribution < -0.4 is 0 Å². The molecule has 0 radical (unpaired) electrons. The number of nitrogens with zero attached hydrogens (tertiary/aromatic N) is 1. The summed E-state index contributed by atoms with van der Waals surface area (Å²) in [6.07, 6.45) is 2.85. The molecule has 5 nitrogen and oxygen atoms in total. The van der Waals surface area contributed by atoms with Gasteiger partial charge in [-0.1, -0.05) is 56.7 Å². The van der Waals surface area contributed by atoms with Gasteiger partial charge in [0.05, 0.1) is 5.56 Å². The van der Waals surface area contributed by atoms with Crippen LogP contribution in [0, 0.1) is 18.8 Å². The molecular formula is C32H45NO4. The molecule has 1 aliphatic carbocycles. The van der Waals surface area contributed by atoms with Gasteiger partial charge in [0.25, 0.3) is 0 Å².